The molecule has 6 nitrogen and oxygen atoms in total. The van der Waals surface area contributed by atoms with Gasteiger partial charge in [-0.1, -0.05) is 29.8 Å². The van der Waals surface area contributed by atoms with Crippen LogP contribution in [0.15, 0.2) is 60.0 Å². The molecule has 1 aromatic heterocycles. The van der Waals surface area contributed by atoms with Gasteiger partial charge in [0, 0.05) is 16.0 Å². The molecule has 132 valence electrons. The molecule has 0 unspecified atom stereocenters. The Morgan fingerprint density at radius 2 is 1.69 bits per heavy atom. The third kappa shape index (κ3) is 4.81. The van der Waals surface area contributed by atoms with Crippen LogP contribution in [0.5, 0.6) is 5.75 Å². The Bertz CT molecular complexity index is 898. The lowest BCUT2D eigenvalue weighted by Gasteiger charge is -2.05. The van der Waals surface area contributed by atoms with E-state index < -0.39 is 11.8 Å². The fourth-order valence-electron chi connectivity index (χ4n) is 2.00. The van der Waals surface area contributed by atoms with E-state index in [9.17, 15) is 9.59 Å². The first-order chi connectivity index (χ1) is 12.6. The maximum absolute atomic E-state index is 12.1. The first kappa shape index (κ1) is 17.9. The van der Waals surface area contributed by atoms with Gasteiger partial charge in [-0.05, 0) is 36.4 Å². The summed E-state index contributed by atoms with van der Waals surface area (Å²) in [6.45, 7) is 0.232. The van der Waals surface area contributed by atoms with Crippen LogP contribution >= 0.6 is 22.9 Å². The molecule has 0 saturated carbocycles. The molecular weight excluding hydrogens is 374 g/mol. The third-order valence-electron chi connectivity index (χ3n) is 3.29. The second kappa shape index (κ2) is 8.46. The van der Waals surface area contributed by atoms with E-state index >= 15 is 0 Å². The van der Waals surface area contributed by atoms with Crippen LogP contribution in [-0.4, -0.2) is 16.8 Å². The molecule has 0 atom stereocenters. The number of halogens is 1. The number of nitrogens with one attached hydrogen (secondary N) is 2. The van der Waals surface area contributed by atoms with Crippen molar-refractivity contribution in [1.29, 1.82) is 0 Å². The molecule has 0 bridgehead atoms. The average Bonchev–Trinajstić information content (AvgIpc) is 3.15. The van der Waals surface area contributed by atoms with Gasteiger partial charge in [0.25, 0.3) is 11.8 Å². The summed E-state index contributed by atoms with van der Waals surface area (Å²) in [5, 5.41) is 2.87. The summed E-state index contributed by atoms with van der Waals surface area (Å²) in [7, 11) is 0. The summed E-state index contributed by atoms with van der Waals surface area (Å²) in [5.74, 6) is -0.241. The van der Waals surface area contributed by atoms with Crippen molar-refractivity contribution >= 4 is 34.8 Å². The molecule has 0 aliphatic heterocycles. The first-order valence-corrected chi connectivity index (χ1v) is 8.86. The minimum Gasteiger partial charge on any atom is -0.486 e. The molecule has 2 aromatic carbocycles. The maximum Gasteiger partial charge on any atom is 0.289 e. The molecule has 8 heteroatoms. The molecule has 0 radical (unpaired) electrons. The van der Waals surface area contributed by atoms with Crippen molar-refractivity contribution in [2.45, 2.75) is 6.61 Å². The number of thiazole rings is 1. The summed E-state index contributed by atoms with van der Waals surface area (Å²) in [4.78, 5) is 28.2. The number of hydrazine groups is 1. The highest BCUT2D eigenvalue weighted by Gasteiger charge is 2.12. The lowest BCUT2D eigenvalue weighted by Crippen LogP contribution is -2.41. The van der Waals surface area contributed by atoms with Crippen LogP contribution in [0.1, 0.15) is 25.9 Å². The average molecular weight is 388 g/mol. The molecule has 0 aliphatic carbocycles. The number of rotatable bonds is 5. The van der Waals surface area contributed by atoms with E-state index in [1.54, 1.807) is 60.0 Å². The zero-order chi connectivity index (χ0) is 18.4. The SMILES string of the molecule is O=C(NNC(=O)c1csc(COc2ccc(Cl)cc2)n1)c1ccccc1. The zero-order valence-corrected chi connectivity index (χ0v) is 15.0. The summed E-state index contributed by atoms with van der Waals surface area (Å²) in [6, 6.07) is 15.5. The van der Waals surface area contributed by atoms with E-state index in [0.717, 1.165) is 0 Å². The fraction of sp³-hybridized carbons (Fsp3) is 0.0556. The van der Waals surface area contributed by atoms with Gasteiger partial charge in [-0.2, -0.15) is 0 Å². The van der Waals surface area contributed by atoms with Gasteiger partial charge in [0.05, 0.1) is 0 Å². The minimum absolute atomic E-state index is 0.207. The van der Waals surface area contributed by atoms with Crippen LogP contribution in [0.2, 0.25) is 5.02 Å². The van der Waals surface area contributed by atoms with Crippen molar-refractivity contribution in [2.75, 3.05) is 0 Å². The Balaban J connectivity index is 1.51. The molecule has 0 fully saturated rings. The Morgan fingerprint density at radius 1 is 1.00 bits per heavy atom. The highest BCUT2D eigenvalue weighted by molar-refractivity contribution is 7.09. The summed E-state index contributed by atoms with van der Waals surface area (Å²) in [5.41, 5.74) is 5.35. The number of benzene rings is 2. The van der Waals surface area contributed by atoms with Gasteiger partial charge in [0.2, 0.25) is 0 Å². The van der Waals surface area contributed by atoms with Gasteiger partial charge in [0.15, 0.2) is 0 Å². The number of ether oxygens (including phenoxy) is 1. The molecule has 3 aromatic rings. The van der Waals surface area contributed by atoms with E-state index in [0.29, 0.717) is 21.3 Å². The molecule has 26 heavy (non-hydrogen) atoms. The van der Waals surface area contributed by atoms with Crippen molar-refractivity contribution in [3.63, 3.8) is 0 Å². The second-order valence-electron chi connectivity index (χ2n) is 5.14. The maximum atomic E-state index is 12.1. The van der Waals surface area contributed by atoms with Crippen LogP contribution in [0.25, 0.3) is 0 Å². The quantitative estimate of drug-likeness (QED) is 0.657. The van der Waals surface area contributed by atoms with E-state index in [2.05, 4.69) is 15.8 Å². The van der Waals surface area contributed by atoms with Gasteiger partial charge in [-0.15, -0.1) is 11.3 Å². The minimum atomic E-state index is -0.497. The van der Waals surface area contributed by atoms with Crippen molar-refractivity contribution in [1.82, 2.24) is 15.8 Å². The molecule has 0 saturated heterocycles. The lowest BCUT2D eigenvalue weighted by molar-refractivity contribution is 0.0844. The standard InChI is InChI=1S/C18H14ClN3O3S/c19-13-6-8-14(9-7-13)25-10-16-20-15(11-26-16)18(24)22-21-17(23)12-4-2-1-3-5-12/h1-9,11H,10H2,(H,21,23)(H,22,24). The van der Waals surface area contributed by atoms with Crippen LogP contribution < -0.4 is 15.6 Å². The van der Waals surface area contributed by atoms with Crippen molar-refractivity contribution in [2.24, 2.45) is 0 Å². The smallest absolute Gasteiger partial charge is 0.289 e. The van der Waals surface area contributed by atoms with Gasteiger partial charge in [-0.25, -0.2) is 4.98 Å². The van der Waals surface area contributed by atoms with E-state index in [1.807, 2.05) is 0 Å². The topological polar surface area (TPSA) is 80.3 Å². The Labute approximate surface area is 158 Å². The van der Waals surface area contributed by atoms with Gasteiger partial charge in [0.1, 0.15) is 23.1 Å². The van der Waals surface area contributed by atoms with Crippen LogP contribution in [0.3, 0.4) is 0 Å². The van der Waals surface area contributed by atoms with E-state index in [1.165, 1.54) is 11.3 Å². The monoisotopic (exact) mass is 387 g/mol. The number of nitrogens with zero attached hydrogens (tertiary/aromatic N) is 1. The largest absolute Gasteiger partial charge is 0.486 e. The Kier molecular flexibility index (Phi) is 5.83. The van der Waals surface area contributed by atoms with Crippen molar-refractivity contribution in [3.05, 3.63) is 81.3 Å². The molecule has 2 amide bonds. The molecule has 3 rings (SSSR count). The number of amides is 2. The van der Waals surface area contributed by atoms with Gasteiger partial charge < -0.3 is 4.74 Å². The fourth-order valence-corrected chi connectivity index (χ4v) is 2.81. The summed E-state index contributed by atoms with van der Waals surface area (Å²) >= 11 is 7.11. The molecule has 0 spiro atoms. The highest BCUT2D eigenvalue weighted by atomic mass is 35.5. The predicted molar refractivity (Wildman–Crippen MR) is 99.3 cm³/mol. The lowest BCUT2D eigenvalue weighted by atomic mass is 10.2. The van der Waals surface area contributed by atoms with E-state index in [4.69, 9.17) is 16.3 Å². The van der Waals surface area contributed by atoms with Gasteiger partial charge in [-0.3, -0.25) is 20.4 Å². The van der Waals surface area contributed by atoms with Crippen molar-refractivity contribution < 1.29 is 14.3 Å². The van der Waals surface area contributed by atoms with Gasteiger partial charge >= 0.3 is 0 Å². The number of carbonyl (C=O) groups excluding carboxylic acids is 2. The summed E-state index contributed by atoms with van der Waals surface area (Å²) in [6.07, 6.45) is 0. The van der Waals surface area contributed by atoms with Crippen LogP contribution in [0, 0.1) is 0 Å². The number of hydrogen-bond donors (Lipinski definition) is 2. The van der Waals surface area contributed by atoms with Crippen LogP contribution in [0.4, 0.5) is 0 Å². The third-order valence-corrected chi connectivity index (χ3v) is 4.36. The first-order valence-electron chi connectivity index (χ1n) is 7.60. The molecular formula is C18H14ClN3O3S. The van der Waals surface area contributed by atoms with Crippen molar-refractivity contribution in [3.8, 4) is 5.75 Å². The number of aromatic nitrogens is 1. The molecule has 0 aliphatic rings. The van der Waals surface area contributed by atoms with Crippen LogP contribution in [-0.2, 0) is 6.61 Å². The normalized spacial score (nSPS) is 10.2. The number of carbonyl (C=O) groups is 2. The number of hydrogen-bond acceptors (Lipinski definition) is 5. The Hall–Kier alpha value is -2.90. The highest BCUT2D eigenvalue weighted by Crippen LogP contribution is 2.18. The predicted octanol–water partition coefficient (Wildman–Crippen LogP) is 3.45. The second-order valence-corrected chi connectivity index (χ2v) is 6.52. The molecule has 2 N–H and O–H groups in total. The zero-order valence-electron chi connectivity index (χ0n) is 13.4. The summed E-state index contributed by atoms with van der Waals surface area (Å²) < 4.78 is 5.58. The van der Waals surface area contributed by atoms with E-state index in [-0.39, 0.29) is 12.3 Å². The molecule has 1 heterocycles. The Morgan fingerprint density at radius 3 is 2.42 bits per heavy atom.